The van der Waals surface area contributed by atoms with Gasteiger partial charge in [-0.2, -0.15) is 0 Å². The van der Waals surface area contributed by atoms with Gasteiger partial charge < -0.3 is 15.1 Å². The van der Waals surface area contributed by atoms with Gasteiger partial charge in [0.1, 0.15) is 0 Å². The van der Waals surface area contributed by atoms with Crippen LogP contribution in [0.3, 0.4) is 0 Å². The Morgan fingerprint density at radius 3 is 2.62 bits per heavy atom. The van der Waals surface area contributed by atoms with Crippen LogP contribution in [0.1, 0.15) is 43.2 Å². The van der Waals surface area contributed by atoms with E-state index in [0.29, 0.717) is 6.04 Å². The monoisotopic (exact) mass is 308 g/mol. The Labute approximate surface area is 132 Å². The summed E-state index contributed by atoms with van der Waals surface area (Å²) in [6.07, 6.45) is 6.25. The van der Waals surface area contributed by atoms with Gasteiger partial charge in [-0.25, -0.2) is 4.98 Å². The summed E-state index contributed by atoms with van der Waals surface area (Å²) < 4.78 is 0. The summed E-state index contributed by atoms with van der Waals surface area (Å²) >= 11 is 1.90. The molecule has 0 atom stereocenters. The molecule has 4 nitrogen and oxygen atoms in total. The quantitative estimate of drug-likeness (QED) is 0.875. The average Bonchev–Trinajstić information content (AvgIpc) is 3.23. The highest BCUT2D eigenvalue weighted by Gasteiger charge is 2.25. The first kappa shape index (κ1) is 15.3. The summed E-state index contributed by atoms with van der Waals surface area (Å²) in [5, 5.41) is 4.85. The lowest BCUT2D eigenvalue weighted by molar-refractivity contribution is 0.253. The molecule has 21 heavy (non-hydrogen) atoms. The molecular weight excluding hydrogens is 280 g/mol. The van der Waals surface area contributed by atoms with Gasteiger partial charge in [0.05, 0.1) is 5.69 Å². The van der Waals surface area contributed by atoms with Crippen molar-refractivity contribution in [2.75, 3.05) is 32.1 Å². The number of aromatic nitrogens is 1. The van der Waals surface area contributed by atoms with Crippen molar-refractivity contribution in [1.82, 2.24) is 15.2 Å². The van der Waals surface area contributed by atoms with Gasteiger partial charge in [0.15, 0.2) is 5.13 Å². The van der Waals surface area contributed by atoms with Crippen molar-refractivity contribution in [3.63, 3.8) is 0 Å². The van der Waals surface area contributed by atoms with Crippen molar-refractivity contribution in [1.29, 1.82) is 0 Å². The molecule has 1 aromatic rings. The predicted octanol–water partition coefficient (Wildman–Crippen LogP) is 2.49. The van der Waals surface area contributed by atoms with Crippen LogP contribution < -0.4 is 10.2 Å². The standard InChI is InChI=1S/C16H28N4S/c1-4-14-15(11-17-12-5-6-12)21-16(18-14)20(3)13-7-9-19(2)10-8-13/h12-13,17H,4-11H2,1-3H3. The van der Waals surface area contributed by atoms with E-state index in [0.717, 1.165) is 19.0 Å². The smallest absolute Gasteiger partial charge is 0.185 e. The first-order valence-corrected chi connectivity index (χ1v) is 9.12. The Morgan fingerprint density at radius 1 is 1.29 bits per heavy atom. The molecule has 118 valence electrons. The number of aryl methyl sites for hydroxylation is 1. The van der Waals surface area contributed by atoms with Gasteiger partial charge in [-0.1, -0.05) is 6.92 Å². The summed E-state index contributed by atoms with van der Waals surface area (Å²) in [7, 11) is 4.45. The number of anilines is 1. The number of thiazole rings is 1. The van der Waals surface area contributed by atoms with Crippen LogP contribution in [-0.4, -0.2) is 49.2 Å². The van der Waals surface area contributed by atoms with E-state index in [-0.39, 0.29) is 0 Å². The highest BCUT2D eigenvalue weighted by molar-refractivity contribution is 7.15. The molecule has 2 aliphatic rings. The fourth-order valence-electron chi connectivity index (χ4n) is 3.00. The predicted molar refractivity (Wildman–Crippen MR) is 90.3 cm³/mol. The zero-order chi connectivity index (χ0) is 14.8. The molecule has 0 aromatic carbocycles. The van der Waals surface area contributed by atoms with Crippen LogP contribution >= 0.6 is 11.3 Å². The first-order valence-electron chi connectivity index (χ1n) is 8.30. The Kier molecular flexibility index (Phi) is 4.82. The second-order valence-corrected chi connectivity index (χ2v) is 7.58. The topological polar surface area (TPSA) is 31.4 Å². The zero-order valence-corrected chi connectivity index (χ0v) is 14.4. The Morgan fingerprint density at radius 2 is 2.00 bits per heavy atom. The van der Waals surface area contributed by atoms with Crippen LogP contribution in [-0.2, 0) is 13.0 Å². The summed E-state index contributed by atoms with van der Waals surface area (Å²) in [6, 6.07) is 1.42. The van der Waals surface area contributed by atoms with E-state index in [1.54, 1.807) is 0 Å². The van der Waals surface area contributed by atoms with Crippen molar-refractivity contribution in [3.8, 4) is 0 Å². The van der Waals surface area contributed by atoms with Crippen molar-refractivity contribution in [3.05, 3.63) is 10.6 Å². The van der Waals surface area contributed by atoms with Crippen LogP contribution in [0.4, 0.5) is 5.13 Å². The van der Waals surface area contributed by atoms with Crippen LogP contribution in [0.2, 0.25) is 0 Å². The molecule has 5 heteroatoms. The van der Waals surface area contributed by atoms with E-state index >= 15 is 0 Å². The van der Waals surface area contributed by atoms with E-state index in [4.69, 9.17) is 4.98 Å². The molecule has 0 bridgehead atoms. The first-order chi connectivity index (χ1) is 10.2. The summed E-state index contributed by atoms with van der Waals surface area (Å²) in [5.74, 6) is 0. The van der Waals surface area contributed by atoms with Crippen LogP contribution in [0.5, 0.6) is 0 Å². The molecule has 0 unspecified atom stereocenters. The summed E-state index contributed by atoms with van der Waals surface area (Å²) in [5.41, 5.74) is 1.29. The van der Waals surface area contributed by atoms with E-state index in [1.165, 1.54) is 54.5 Å². The molecule has 3 rings (SSSR count). The van der Waals surface area contributed by atoms with Crippen molar-refractivity contribution < 1.29 is 0 Å². The number of rotatable bonds is 6. The molecule has 0 spiro atoms. The molecule has 2 fully saturated rings. The van der Waals surface area contributed by atoms with E-state index in [2.05, 4.69) is 36.1 Å². The van der Waals surface area contributed by atoms with Gasteiger partial charge in [0, 0.05) is 30.6 Å². The van der Waals surface area contributed by atoms with E-state index in [1.807, 2.05) is 11.3 Å². The number of hydrogen-bond acceptors (Lipinski definition) is 5. The maximum absolute atomic E-state index is 4.91. The number of nitrogens with one attached hydrogen (secondary N) is 1. The Bertz CT molecular complexity index is 461. The number of likely N-dealkylation sites (tertiary alicyclic amines) is 1. The number of nitrogens with zero attached hydrogens (tertiary/aromatic N) is 3. The van der Waals surface area contributed by atoms with Gasteiger partial charge in [-0.05, 0) is 52.2 Å². The van der Waals surface area contributed by atoms with Gasteiger partial charge in [-0.3, -0.25) is 0 Å². The Hall–Kier alpha value is -0.650. The fourth-order valence-corrected chi connectivity index (χ4v) is 4.13. The highest BCUT2D eigenvalue weighted by atomic mass is 32.1. The molecular formula is C16H28N4S. The van der Waals surface area contributed by atoms with Crippen molar-refractivity contribution in [2.45, 2.75) is 57.7 Å². The summed E-state index contributed by atoms with van der Waals surface area (Å²) in [6.45, 7) is 5.63. The second kappa shape index (κ2) is 6.63. The molecule has 1 aliphatic heterocycles. The molecule has 0 amide bonds. The normalized spacial score (nSPS) is 20.9. The molecule has 2 heterocycles. The van der Waals surface area contributed by atoms with Crippen molar-refractivity contribution >= 4 is 16.5 Å². The minimum Gasteiger partial charge on any atom is -0.348 e. The zero-order valence-electron chi connectivity index (χ0n) is 13.6. The minimum absolute atomic E-state index is 0.654. The maximum Gasteiger partial charge on any atom is 0.185 e. The lowest BCUT2D eigenvalue weighted by Crippen LogP contribution is -2.41. The van der Waals surface area contributed by atoms with Gasteiger partial charge in [0.25, 0.3) is 0 Å². The van der Waals surface area contributed by atoms with Gasteiger partial charge in [-0.15, -0.1) is 11.3 Å². The molecule has 1 N–H and O–H groups in total. The fraction of sp³-hybridized carbons (Fsp3) is 0.812. The lowest BCUT2D eigenvalue weighted by Gasteiger charge is -2.34. The summed E-state index contributed by atoms with van der Waals surface area (Å²) in [4.78, 5) is 11.2. The number of hydrogen-bond donors (Lipinski definition) is 1. The lowest BCUT2D eigenvalue weighted by atomic mass is 10.0. The molecule has 1 saturated heterocycles. The average molecular weight is 308 g/mol. The SMILES string of the molecule is CCc1nc(N(C)C2CCN(C)CC2)sc1CNC1CC1. The minimum atomic E-state index is 0.654. The molecule has 1 aliphatic carbocycles. The van der Waals surface area contributed by atoms with E-state index < -0.39 is 0 Å². The number of piperidine rings is 1. The van der Waals surface area contributed by atoms with Crippen LogP contribution in [0.25, 0.3) is 0 Å². The highest BCUT2D eigenvalue weighted by Crippen LogP contribution is 2.30. The largest absolute Gasteiger partial charge is 0.348 e. The second-order valence-electron chi connectivity index (χ2n) is 6.52. The van der Waals surface area contributed by atoms with Crippen molar-refractivity contribution in [2.24, 2.45) is 0 Å². The third-order valence-corrected chi connectivity index (χ3v) is 5.96. The maximum atomic E-state index is 4.91. The Balaban J connectivity index is 1.65. The van der Waals surface area contributed by atoms with Gasteiger partial charge >= 0.3 is 0 Å². The van der Waals surface area contributed by atoms with Crippen LogP contribution in [0.15, 0.2) is 0 Å². The molecule has 0 radical (unpaired) electrons. The van der Waals surface area contributed by atoms with Crippen LogP contribution in [0, 0.1) is 0 Å². The molecule has 1 saturated carbocycles. The molecule has 1 aromatic heterocycles. The third-order valence-electron chi connectivity index (χ3n) is 4.77. The van der Waals surface area contributed by atoms with Gasteiger partial charge in [0.2, 0.25) is 0 Å². The third kappa shape index (κ3) is 3.76. The van der Waals surface area contributed by atoms with E-state index in [9.17, 15) is 0 Å².